The van der Waals surface area contributed by atoms with Crippen molar-refractivity contribution in [2.75, 3.05) is 0 Å². The van der Waals surface area contributed by atoms with Gasteiger partial charge >= 0.3 is 0 Å². The Hall–Kier alpha value is -2.59. The lowest BCUT2D eigenvalue weighted by atomic mass is 9.77. The first-order chi connectivity index (χ1) is 18.7. The van der Waals surface area contributed by atoms with E-state index in [1.54, 1.807) is 0 Å². The van der Waals surface area contributed by atoms with Gasteiger partial charge in [0.15, 0.2) is 0 Å². The molecular weight excluding hydrogens is 463 g/mol. The second-order valence-electron chi connectivity index (χ2n) is 11.7. The SMILES string of the molecule is CCCCCCCC1CCC(CCc2ccc(C#Cc3ccc4c(F)c(CCCC)ccc4c3)cc2)CC1. The molecule has 0 heterocycles. The van der Waals surface area contributed by atoms with E-state index in [0.29, 0.717) is 5.39 Å². The number of rotatable bonds is 12. The zero-order chi connectivity index (χ0) is 26.6. The van der Waals surface area contributed by atoms with E-state index in [1.165, 1.54) is 82.6 Å². The van der Waals surface area contributed by atoms with Gasteiger partial charge in [-0.05, 0) is 78.3 Å². The van der Waals surface area contributed by atoms with Crippen molar-refractivity contribution in [2.24, 2.45) is 11.8 Å². The summed E-state index contributed by atoms with van der Waals surface area (Å²) in [5.41, 5.74) is 4.21. The van der Waals surface area contributed by atoms with Crippen LogP contribution in [0.25, 0.3) is 10.8 Å². The van der Waals surface area contributed by atoms with E-state index < -0.39 is 0 Å². The minimum Gasteiger partial charge on any atom is -0.206 e. The number of halogens is 1. The molecule has 4 rings (SSSR count). The molecule has 0 aromatic heterocycles. The molecule has 1 heteroatoms. The zero-order valence-electron chi connectivity index (χ0n) is 23.8. The van der Waals surface area contributed by atoms with Crippen LogP contribution in [0, 0.1) is 29.5 Å². The van der Waals surface area contributed by atoms with Gasteiger partial charge in [-0.2, -0.15) is 0 Å². The molecule has 0 spiro atoms. The largest absolute Gasteiger partial charge is 0.206 e. The molecule has 0 nitrogen and oxygen atoms in total. The minimum absolute atomic E-state index is 0.0723. The smallest absolute Gasteiger partial charge is 0.134 e. The molecule has 0 amide bonds. The van der Waals surface area contributed by atoms with Crippen LogP contribution >= 0.6 is 0 Å². The summed E-state index contributed by atoms with van der Waals surface area (Å²) in [5, 5.41) is 1.62. The van der Waals surface area contributed by atoms with Crippen LogP contribution in [-0.4, -0.2) is 0 Å². The molecule has 0 radical (unpaired) electrons. The van der Waals surface area contributed by atoms with Crippen molar-refractivity contribution in [3.05, 3.63) is 82.7 Å². The van der Waals surface area contributed by atoms with Crippen LogP contribution in [0.15, 0.2) is 54.6 Å². The highest BCUT2D eigenvalue weighted by molar-refractivity contribution is 5.85. The highest BCUT2D eigenvalue weighted by atomic mass is 19.1. The summed E-state index contributed by atoms with van der Waals surface area (Å²) in [7, 11) is 0. The van der Waals surface area contributed by atoms with E-state index in [4.69, 9.17) is 0 Å². The Balaban J connectivity index is 1.23. The van der Waals surface area contributed by atoms with Gasteiger partial charge in [0, 0.05) is 16.5 Å². The van der Waals surface area contributed by atoms with E-state index in [-0.39, 0.29) is 5.82 Å². The fraction of sp³-hybridized carbons (Fsp3) is 0.514. The zero-order valence-corrected chi connectivity index (χ0v) is 23.8. The van der Waals surface area contributed by atoms with Crippen molar-refractivity contribution in [2.45, 2.75) is 110 Å². The molecule has 0 saturated heterocycles. The first kappa shape index (κ1) is 28.4. The average Bonchev–Trinajstić information content (AvgIpc) is 2.96. The van der Waals surface area contributed by atoms with Gasteiger partial charge in [-0.25, -0.2) is 4.39 Å². The van der Waals surface area contributed by atoms with Crippen molar-refractivity contribution in [1.82, 2.24) is 0 Å². The van der Waals surface area contributed by atoms with Crippen LogP contribution in [-0.2, 0) is 12.8 Å². The minimum atomic E-state index is -0.0723. The maximum absolute atomic E-state index is 14.9. The van der Waals surface area contributed by atoms with E-state index >= 15 is 0 Å². The molecule has 38 heavy (non-hydrogen) atoms. The van der Waals surface area contributed by atoms with E-state index in [2.05, 4.69) is 50.0 Å². The number of hydrogen-bond donors (Lipinski definition) is 0. The Morgan fingerprint density at radius 1 is 0.658 bits per heavy atom. The highest BCUT2D eigenvalue weighted by Gasteiger charge is 2.20. The molecule has 1 saturated carbocycles. The van der Waals surface area contributed by atoms with Gasteiger partial charge < -0.3 is 0 Å². The maximum Gasteiger partial charge on any atom is 0.134 e. The lowest BCUT2D eigenvalue weighted by molar-refractivity contribution is 0.248. The second kappa shape index (κ2) is 15.1. The Labute approximate surface area is 231 Å². The molecule has 1 aliphatic rings. The van der Waals surface area contributed by atoms with E-state index in [0.717, 1.165) is 53.2 Å². The van der Waals surface area contributed by atoms with Gasteiger partial charge in [0.1, 0.15) is 5.82 Å². The molecule has 0 atom stereocenters. The highest BCUT2D eigenvalue weighted by Crippen LogP contribution is 2.34. The Kier molecular flexibility index (Phi) is 11.3. The lowest BCUT2D eigenvalue weighted by Crippen LogP contribution is -2.15. The Bertz CT molecular complexity index is 1190. The molecule has 3 aromatic rings. The summed E-state index contributed by atoms with van der Waals surface area (Å²) in [6, 6.07) is 18.6. The molecule has 1 aliphatic carbocycles. The number of unbranched alkanes of at least 4 members (excludes halogenated alkanes) is 5. The van der Waals surface area contributed by atoms with Crippen molar-refractivity contribution in [1.29, 1.82) is 0 Å². The third kappa shape index (κ3) is 8.46. The topological polar surface area (TPSA) is 0 Å². The third-order valence-corrected chi connectivity index (χ3v) is 8.66. The van der Waals surface area contributed by atoms with E-state index in [9.17, 15) is 4.39 Å². The third-order valence-electron chi connectivity index (χ3n) is 8.66. The molecule has 0 bridgehead atoms. The van der Waals surface area contributed by atoms with Gasteiger partial charge in [0.25, 0.3) is 0 Å². The molecule has 3 aromatic carbocycles. The summed E-state index contributed by atoms with van der Waals surface area (Å²) in [6.07, 6.45) is 19.7. The van der Waals surface area contributed by atoms with Crippen LogP contribution in [0.2, 0.25) is 0 Å². The number of benzene rings is 3. The summed E-state index contributed by atoms with van der Waals surface area (Å²) in [6.45, 7) is 4.44. The number of fused-ring (bicyclic) bond motifs is 1. The van der Waals surface area contributed by atoms with Crippen LogP contribution < -0.4 is 0 Å². The quantitative estimate of drug-likeness (QED) is 0.168. The summed E-state index contributed by atoms with van der Waals surface area (Å²) in [4.78, 5) is 0. The molecule has 1 fully saturated rings. The number of hydrogen-bond acceptors (Lipinski definition) is 0. The van der Waals surface area contributed by atoms with Crippen LogP contribution in [0.3, 0.4) is 0 Å². The molecule has 0 aliphatic heterocycles. The van der Waals surface area contributed by atoms with Crippen LogP contribution in [0.4, 0.5) is 4.39 Å². The fourth-order valence-corrected chi connectivity index (χ4v) is 6.09. The van der Waals surface area contributed by atoms with Gasteiger partial charge in [-0.1, -0.05) is 127 Å². The van der Waals surface area contributed by atoms with Crippen molar-refractivity contribution in [3.8, 4) is 11.8 Å². The monoisotopic (exact) mass is 510 g/mol. The van der Waals surface area contributed by atoms with Crippen molar-refractivity contribution in [3.63, 3.8) is 0 Å². The Morgan fingerprint density at radius 2 is 1.32 bits per heavy atom. The lowest BCUT2D eigenvalue weighted by Gasteiger charge is -2.28. The number of aryl methyl sites for hydroxylation is 2. The van der Waals surface area contributed by atoms with Gasteiger partial charge in [0.2, 0.25) is 0 Å². The predicted octanol–water partition coefficient (Wildman–Crippen LogP) is 10.8. The first-order valence-corrected chi connectivity index (χ1v) is 15.5. The molecular formula is C37H47F. The van der Waals surface area contributed by atoms with Crippen molar-refractivity contribution < 1.29 is 4.39 Å². The van der Waals surface area contributed by atoms with Gasteiger partial charge in [-0.15, -0.1) is 0 Å². The normalized spacial score (nSPS) is 17.3. The van der Waals surface area contributed by atoms with Crippen LogP contribution in [0.1, 0.15) is 120 Å². The van der Waals surface area contributed by atoms with Crippen LogP contribution in [0.5, 0.6) is 0 Å². The maximum atomic E-state index is 14.9. The van der Waals surface area contributed by atoms with Gasteiger partial charge in [-0.3, -0.25) is 0 Å². The summed E-state index contributed by atoms with van der Waals surface area (Å²) < 4.78 is 14.9. The molecule has 0 unspecified atom stereocenters. The summed E-state index contributed by atoms with van der Waals surface area (Å²) >= 11 is 0. The van der Waals surface area contributed by atoms with Gasteiger partial charge in [0.05, 0.1) is 0 Å². The molecule has 202 valence electrons. The standard InChI is InChI=1S/C37H47F/c1-3-5-7-8-9-10-29-12-14-30(15-13-29)16-17-31-18-20-32(21-19-31)22-23-33-24-27-36-35(28-33)26-25-34(37(36)38)11-6-4-2/h18-21,24-30H,3-17H2,1-2H3. The van der Waals surface area contributed by atoms with E-state index in [1.807, 2.05) is 30.3 Å². The first-order valence-electron chi connectivity index (χ1n) is 15.5. The molecule has 0 N–H and O–H groups in total. The fourth-order valence-electron chi connectivity index (χ4n) is 6.09. The predicted molar refractivity (Wildman–Crippen MR) is 162 cm³/mol. The average molecular weight is 511 g/mol. The second-order valence-corrected chi connectivity index (χ2v) is 11.7. The summed E-state index contributed by atoms with van der Waals surface area (Å²) in [5.74, 6) is 8.41. The van der Waals surface area contributed by atoms with Crippen molar-refractivity contribution >= 4 is 10.8 Å². The Morgan fingerprint density at radius 3 is 2.05 bits per heavy atom.